The van der Waals surface area contributed by atoms with Gasteiger partial charge in [-0.1, -0.05) is 13.8 Å². The van der Waals surface area contributed by atoms with Crippen LogP contribution in [0.4, 0.5) is 0 Å². The standard InChI is InChI=1S/C16H25NO2/c1-5-17-16(11(2)12-6-7-12)14-10-13(18-3)8-9-15(14)19-4/h8-12,16-17H,5-7H2,1-4H3. The highest BCUT2D eigenvalue weighted by Crippen LogP contribution is 2.44. The van der Waals surface area contributed by atoms with E-state index in [0.717, 1.165) is 24.0 Å². The first-order valence-electron chi connectivity index (χ1n) is 7.16. The minimum absolute atomic E-state index is 0.336. The molecule has 0 heterocycles. The zero-order valence-electron chi connectivity index (χ0n) is 12.4. The number of hydrogen-bond acceptors (Lipinski definition) is 3. The van der Waals surface area contributed by atoms with E-state index in [-0.39, 0.29) is 0 Å². The Morgan fingerprint density at radius 3 is 2.53 bits per heavy atom. The number of methoxy groups -OCH3 is 2. The summed E-state index contributed by atoms with van der Waals surface area (Å²) in [5.74, 6) is 3.31. The summed E-state index contributed by atoms with van der Waals surface area (Å²) in [5, 5.41) is 3.61. The Morgan fingerprint density at radius 2 is 2.00 bits per heavy atom. The molecule has 1 saturated carbocycles. The summed E-state index contributed by atoms with van der Waals surface area (Å²) in [4.78, 5) is 0. The molecule has 1 aromatic carbocycles. The number of rotatable bonds is 7. The second kappa shape index (κ2) is 6.29. The average molecular weight is 263 g/mol. The smallest absolute Gasteiger partial charge is 0.123 e. The number of benzene rings is 1. The maximum atomic E-state index is 5.53. The molecule has 0 radical (unpaired) electrons. The maximum Gasteiger partial charge on any atom is 0.123 e. The van der Waals surface area contributed by atoms with Crippen molar-refractivity contribution >= 4 is 0 Å². The quantitative estimate of drug-likeness (QED) is 0.818. The van der Waals surface area contributed by atoms with E-state index < -0.39 is 0 Å². The van der Waals surface area contributed by atoms with E-state index in [1.165, 1.54) is 18.4 Å². The van der Waals surface area contributed by atoms with Gasteiger partial charge in [0.15, 0.2) is 0 Å². The fraction of sp³-hybridized carbons (Fsp3) is 0.625. The normalized spacial score (nSPS) is 17.9. The zero-order chi connectivity index (χ0) is 13.8. The van der Waals surface area contributed by atoms with Crippen LogP contribution in [-0.4, -0.2) is 20.8 Å². The van der Waals surface area contributed by atoms with Crippen LogP contribution in [0.1, 0.15) is 38.3 Å². The summed E-state index contributed by atoms with van der Waals surface area (Å²) in [6.07, 6.45) is 2.71. The first-order chi connectivity index (χ1) is 9.21. The van der Waals surface area contributed by atoms with Crippen LogP contribution >= 0.6 is 0 Å². The van der Waals surface area contributed by atoms with Crippen molar-refractivity contribution in [2.24, 2.45) is 11.8 Å². The molecule has 0 bridgehead atoms. The molecule has 3 heteroatoms. The van der Waals surface area contributed by atoms with E-state index in [0.29, 0.717) is 12.0 Å². The molecule has 2 rings (SSSR count). The summed E-state index contributed by atoms with van der Waals surface area (Å²) in [6.45, 7) is 5.45. The van der Waals surface area contributed by atoms with E-state index in [1.54, 1.807) is 14.2 Å². The van der Waals surface area contributed by atoms with Gasteiger partial charge in [0.2, 0.25) is 0 Å². The lowest BCUT2D eigenvalue weighted by Crippen LogP contribution is -2.28. The number of ether oxygens (including phenoxy) is 2. The van der Waals surface area contributed by atoms with Crippen molar-refractivity contribution in [1.29, 1.82) is 0 Å². The molecule has 1 fully saturated rings. The van der Waals surface area contributed by atoms with Crippen molar-refractivity contribution in [3.63, 3.8) is 0 Å². The van der Waals surface area contributed by atoms with Gasteiger partial charge in [0, 0.05) is 11.6 Å². The van der Waals surface area contributed by atoms with Crippen molar-refractivity contribution in [1.82, 2.24) is 5.32 Å². The SMILES string of the molecule is CCNC(c1cc(OC)ccc1OC)C(C)C1CC1. The zero-order valence-corrected chi connectivity index (χ0v) is 12.4. The van der Waals surface area contributed by atoms with Crippen LogP contribution in [0.5, 0.6) is 11.5 Å². The van der Waals surface area contributed by atoms with Gasteiger partial charge in [-0.2, -0.15) is 0 Å². The molecular weight excluding hydrogens is 238 g/mol. The molecule has 2 atom stereocenters. The van der Waals surface area contributed by atoms with Crippen molar-refractivity contribution in [3.8, 4) is 11.5 Å². The van der Waals surface area contributed by atoms with Gasteiger partial charge in [0.25, 0.3) is 0 Å². The van der Waals surface area contributed by atoms with Crippen molar-refractivity contribution in [3.05, 3.63) is 23.8 Å². The second-order valence-corrected chi connectivity index (χ2v) is 5.34. The van der Waals surface area contributed by atoms with Gasteiger partial charge in [-0.25, -0.2) is 0 Å². The highest BCUT2D eigenvalue weighted by Gasteiger charge is 2.34. The minimum Gasteiger partial charge on any atom is -0.497 e. The van der Waals surface area contributed by atoms with Crippen LogP contribution < -0.4 is 14.8 Å². The van der Waals surface area contributed by atoms with E-state index in [4.69, 9.17) is 9.47 Å². The number of hydrogen-bond donors (Lipinski definition) is 1. The van der Waals surface area contributed by atoms with Crippen molar-refractivity contribution < 1.29 is 9.47 Å². The molecule has 0 spiro atoms. The van der Waals surface area contributed by atoms with E-state index >= 15 is 0 Å². The molecule has 0 amide bonds. The van der Waals surface area contributed by atoms with Crippen molar-refractivity contribution in [2.45, 2.75) is 32.7 Å². The molecule has 0 aromatic heterocycles. The minimum atomic E-state index is 0.336. The highest BCUT2D eigenvalue weighted by molar-refractivity contribution is 5.42. The molecule has 106 valence electrons. The first-order valence-corrected chi connectivity index (χ1v) is 7.16. The van der Waals surface area contributed by atoms with Gasteiger partial charge < -0.3 is 14.8 Å². The fourth-order valence-electron chi connectivity index (χ4n) is 2.78. The summed E-state index contributed by atoms with van der Waals surface area (Å²) in [7, 11) is 3.44. The van der Waals surface area contributed by atoms with E-state index in [1.807, 2.05) is 12.1 Å². The largest absolute Gasteiger partial charge is 0.497 e. The van der Waals surface area contributed by atoms with Crippen LogP contribution in [0, 0.1) is 11.8 Å². The highest BCUT2D eigenvalue weighted by atomic mass is 16.5. The third-order valence-corrected chi connectivity index (χ3v) is 4.09. The Balaban J connectivity index is 2.32. The van der Waals surface area contributed by atoms with Crippen LogP contribution in [0.15, 0.2) is 18.2 Å². The number of nitrogens with one attached hydrogen (secondary N) is 1. The summed E-state index contributed by atoms with van der Waals surface area (Å²) < 4.78 is 10.9. The summed E-state index contributed by atoms with van der Waals surface area (Å²) in [5.41, 5.74) is 1.21. The predicted molar refractivity (Wildman–Crippen MR) is 77.9 cm³/mol. The third kappa shape index (κ3) is 3.21. The van der Waals surface area contributed by atoms with E-state index in [2.05, 4.69) is 25.2 Å². The molecular formula is C16H25NO2. The third-order valence-electron chi connectivity index (χ3n) is 4.09. The van der Waals surface area contributed by atoms with Gasteiger partial charge in [-0.3, -0.25) is 0 Å². The topological polar surface area (TPSA) is 30.5 Å². The molecule has 0 saturated heterocycles. The molecule has 19 heavy (non-hydrogen) atoms. The molecule has 1 aliphatic carbocycles. The molecule has 1 aromatic rings. The second-order valence-electron chi connectivity index (χ2n) is 5.34. The van der Waals surface area contributed by atoms with Gasteiger partial charge >= 0.3 is 0 Å². The van der Waals surface area contributed by atoms with Crippen molar-refractivity contribution in [2.75, 3.05) is 20.8 Å². The van der Waals surface area contributed by atoms with Crippen LogP contribution in [-0.2, 0) is 0 Å². The summed E-state index contributed by atoms with van der Waals surface area (Å²) in [6, 6.07) is 6.39. The molecule has 2 unspecified atom stereocenters. The van der Waals surface area contributed by atoms with Crippen LogP contribution in [0.25, 0.3) is 0 Å². The van der Waals surface area contributed by atoms with Crippen LogP contribution in [0.2, 0.25) is 0 Å². The Morgan fingerprint density at radius 1 is 1.26 bits per heavy atom. The lowest BCUT2D eigenvalue weighted by atomic mass is 9.90. The van der Waals surface area contributed by atoms with Gasteiger partial charge in [-0.15, -0.1) is 0 Å². The molecule has 0 aliphatic heterocycles. The Bertz CT molecular complexity index is 415. The monoisotopic (exact) mass is 263 g/mol. The Hall–Kier alpha value is -1.22. The van der Waals surface area contributed by atoms with Gasteiger partial charge in [-0.05, 0) is 49.4 Å². The lowest BCUT2D eigenvalue weighted by Gasteiger charge is -2.27. The maximum absolute atomic E-state index is 5.53. The fourth-order valence-corrected chi connectivity index (χ4v) is 2.78. The van der Waals surface area contributed by atoms with Crippen LogP contribution in [0.3, 0.4) is 0 Å². The van der Waals surface area contributed by atoms with Gasteiger partial charge in [0.05, 0.1) is 14.2 Å². The molecule has 1 N–H and O–H groups in total. The summed E-state index contributed by atoms with van der Waals surface area (Å²) >= 11 is 0. The average Bonchev–Trinajstić information content (AvgIpc) is 3.28. The Labute approximate surface area is 116 Å². The predicted octanol–water partition coefficient (Wildman–Crippen LogP) is 3.40. The van der Waals surface area contributed by atoms with E-state index in [9.17, 15) is 0 Å². The Kier molecular flexibility index (Phi) is 4.70. The van der Waals surface area contributed by atoms with Gasteiger partial charge in [0.1, 0.15) is 11.5 Å². The molecule has 1 aliphatic rings. The lowest BCUT2D eigenvalue weighted by molar-refractivity contribution is 0.333. The first kappa shape index (κ1) is 14.2. The molecule has 3 nitrogen and oxygen atoms in total.